The Morgan fingerprint density at radius 1 is 0.974 bits per heavy atom. The van der Waals surface area contributed by atoms with Gasteiger partial charge in [-0.05, 0) is 61.9 Å². The maximum absolute atomic E-state index is 13.8. The number of ether oxygens (including phenoxy) is 1. The zero-order valence-corrected chi connectivity index (χ0v) is 23.6. The van der Waals surface area contributed by atoms with E-state index < -0.39 is 28.5 Å². The Hall–Kier alpha value is -3.27. The Bertz CT molecular complexity index is 1390. The predicted molar refractivity (Wildman–Crippen MR) is 149 cm³/mol. The highest BCUT2D eigenvalue weighted by atomic mass is 35.5. The van der Waals surface area contributed by atoms with Crippen molar-refractivity contribution >= 4 is 50.7 Å². The second-order valence-electron chi connectivity index (χ2n) is 8.37. The molecule has 0 radical (unpaired) electrons. The highest BCUT2D eigenvalue weighted by Gasteiger charge is 2.32. The van der Waals surface area contributed by atoms with Crippen LogP contribution in [0.2, 0.25) is 10.0 Å². The van der Waals surface area contributed by atoms with Crippen molar-refractivity contribution in [2.45, 2.75) is 31.3 Å². The smallest absolute Gasteiger partial charge is 0.264 e. The number of carbonyl (C=O) groups excluding carboxylic acids is 2. The molecule has 0 fully saturated rings. The molecule has 0 heterocycles. The Morgan fingerprint density at radius 2 is 1.68 bits per heavy atom. The van der Waals surface area contributed by atoms with Gasteiger partial charge < -0.3 is 15.0 Å². The number of halogens is 2. The molecule has 1 atom stereocenters. The summed E-state index contributed by atoms with van der Waals surface area (Å²) in [6.45, 7) is 3.22. The summed E-state index contributed by atoms with van der Waals surface area (Å²) in [4.78, 5) is 27.9. The average molecular weight is 579 g/mol. The molecule has 3 rings (SSSR count). The lowest BCUT2D eigenvalue weighted by molar-refractivity contribution is -0.139. The van der Waals surface area contributed by atoms with Gasteiger partial charge >= 0.3 is 0 Å². The minimum absolute atomic E-state index is 0.00464. The van der Waals surface area contributed by atoms with E-state index in [2.05, 4.69) is 5.32 Å². The summed E-state index contributed by atoms with van der Waals surface area (Å²) in [5.74, 6) is -0.363. The molecule has 38 heavy (non-hydrogen) atoms. The van der Waals surface area contributed by atoms with Crippen molar-refractivity contribution in [3.63, 3.8) is 0 Å². The van der Waals surface area contributed by atoms with Crippen molar-refractivity contribution in [2.24, 2.45) is 0 Å². The van der Waals surface area contributed by atoms with Crippen LogP contribution >= 0.6 is 23.2 Å². The monoisotopic (exact) mass is 577 g/mol. The fourth-order valence-corrected chi connectivity index (χ4v) is 5.48. The van der Waals surface area contributed by atoms with Gasteiger partial charge in [0.1, 0.15) is 18.3 Å². The van der Waals surface area contributed by atoms with Gasteiger partial charge in [-0.3, -0.25) is 13.9 Å². The van der Waals surface area contributed by atoms with E-state index in [0.717, 1.165) is 4.31 Å². The normalized spacial score (nSPS) is 11.9. The highest BCUT2D eigenvalue weighted by molar-refractivity contribution is 7.92. The molecule has 0 bridgehead atoms. The van der Waals surface area contributed by atoms with Crippen LogP contribution < -0.4 is 14.4 Å². The maximum atomic E-state index is 13.8. The number of nitrogens with one attached hydrogen (secondary N) is 1. The molecule has 0 aliphatic rings. The molecule has 8 nitrogen and oxygen atoms in total. The van der Waals surface area contributed by atoms with Crippen LogP contribution in [-0.4, -0.2) is 51.4 Å². The summed E-state index contributed by atoms with van der Waals surface area (Å²) in [6, 6.07) is 18.3. The van der Waals surface area contributed by atoms with Crippen LogP contribution in [-0.2, 0) is 26.2 Å². The minimum atomic E-state index is -4.19. The van der Waals surface area contributed by atoms with E-state index >= 15 is 0 Å². The third kappa shape index (κ3) is 6.98. The summed E-state index contributed by atoms with van der Waals surface area (Å²) in [6.07, 6.45) is 0. The van der Waals surface area contributed by atoms with Crippen LogP contribution in [0, 0.1) is 0 Å². The molecular weight excluding hydrogens is 549 g/mol. The maximum Gasteiger partial charge on any atom is 0.264 e. The Labute approximate surface area is 233 Å². The number of hydrogen-bond acceptors (Lipinski definition) is 5. The molecule has 0 aliphatic heterocycles. The van der Waals surface area contributed by atoms with E-state index in [0.29, 0.717) is 17.9 Å². The van der Waals surface area contributed by atoms with Gasteiger partial charge in [0.25, 0.3) is 10.0 Å². The van der Waals surface area contributed by atoms with Gasteiger partial charge in [0.2, 0.25) is 11.8 Å². The van der Waals surface area contributed by atoms with Crippen LogP contribution in [0.1, 0.15) is 19.4 Å². The number of likely N-dealkylation sites (N-methyl/N-ethyl adjacent to an activating group) is 1. The fraction of sp³-hybridized carbons (Fsp3) is 0.259. The summed E-state index contributed by atoms with van der Waals surface area (Å²) in [7, 11) is -2.66. The first-order chi connectivity index (χ1) is 18.1. The number of hydrogen-bond donors (Lipinski definition) is 1. The molecule has 0 saturated heterocycles. The quantitative estimate of drug-likeness (QED) is 0.354. The van der Waals surface area contributed by atoms with Gasteiger partial charge in [0.15, 0.2) is 0 Å². The lowest BCUT2D eigenvalue weighted by atomic mass is 10.1. The number of amides is 2. The highest BCUT2D eigenvalue weighted by Crippen LogP contribution is 2.31. The van der Waals surface area contributed by atoms with Gasteiger partial charge in [0.05, 0.1) is 27.7 Å². The largest absolute Gasteiger partial charge is 0.497 e. The molecule has 11 heteroatoms. The van der Waals surface area contributed by atoms with E-state index in [1.807, 2.05) is 0 Å². The van der Waals surface area contributed by atoms with Crippen LogP contribution in [0.15, 0.2) is 77.7 Å². The van der Waals surface area contributed by atoms with Gasteiger partial charge in [-0.25, -0.2) is 8.42 Å². The third-order valence-electron chi connectivity index (χ3n) is 5.81. The van der Waals surface area contributed by atoms with Gasteiger partial charge in [-0.15, -0.1) is 0 Å². The van der Waals surface area contributed by atoms with E-state index in [-0.39, 0.29) is 33.1 Å². The lowest BCUT2D eigenvalue weighted by Gasteiger charge is -2.32. The van der Waals surface area contributed by atoms with Gasteiger partial charge in [-0.1, -0.05) is 53.5 Å². The Kier molecular flexibility index (Phi) is 10.0. The summed E-state index contributed by atoms with van der Waals surface area (Å²) >= 11 is 12.3. The van der Waals surface area contributed by atoms with Crippen LogP contribution in [0.5, 0.6) is 5.75 Å². The molecule has 0 saturated carbocycles. The first-order valence-corrected chi connectivity index (χ1v) is 14.0. The molecule has 2 amide bonds. The topological polar surface area (TPSA) is 96.0 Å². The van der Waals surface area contributed by atoms with Gasteiger partial charge in [-0.2, -0.15) is 0 Å². The van der Waals surface area contributed by atoms with E-state index in [1.165, 1.54) is 42.3 Å². The SMILES string of the molecule is CCNC(=O)C(C)N(Cc1cccc(OC)c1)C(=O)CN(c1ccc(Cl)c(Cl)c1)S(=O)(=O)c1ccccc1. The molecule has 0 aromatic heterocycles. The molecule has 0 aliphatic carbocycles. The van der Waals surface area contributed by atoms with E-state index in [1.54, 1.807) is 56.3 Å². The number of carbonyl (C=O) groups is 2. The zero-order chi connectivity index (χ0) is 27.9. The average Bonchev–Trinajstić information content (AvgIpc) is 2.92. The molecule has 3 aromatic carbocycles. The number of anilines is 1. The van der Waals surface area contributed by atoms with Crippen LogP contribution in [0.4, 0.5) is 5.69 Å². The second-order valence-corrected chi connectivity index (χ2v) is 11.0. The zero-order valence-electron chi connectivity index (χ0n) is 21.2. The van der Waals surface area contributed by atoms with Gasteiger partial charge in [0, 0.05) is 13.1 Å². The molecule has 1 N–H and O–H groups in total. The van der Waals surface area contributed by atoms with Crippen molar-refractivity contribution in [1.29, 1.82) is 0 Å². The van der Waals surface area contributed by atoms with Crippen molar-refractivity contribution in [3.05, 3.63) is 88.4 Å². The first-order valence-electron chi connectivity index (χ1n) is 11.8. The number of nitrogens with zero attached hydrogens (tertiary/aromatic N) is 2. The fourth-order valence-electron chi connectivity index (χ4n) is 3.76. The molecule has 0 spiro atoms. The lowest BCUT2D eigenvalue weighted by Crippen LogP contribution is -2.51. The standard InChI is InChI=1S/C27H29Cl2N3O5S/c1-4-30-27(34)19(2)31(17-20-9-8-10-22(15-20)37-3)26(33)18-32(21-13-14-24(28)25(29)16-21)38(35,36)23-11-6-5-7-12-23/h5-16,19H,4,17-18H2,1-3H3,(H,30,34). The van der Waals surface area contributed by atoms with Crippen molar-refractivity contribution in [1.82, 2.24) is 10.2 Å². The summed E-state index contributed by atoms with van der Waals surface area (Å²) in [5, 5.41) is 3.09. The predicted octanol–water partition coefficient (Wildman–Crippen LogP) is 4.75. The van der Waals surface area contributed by atoms with E-state index in [4.69, 9.17) is 27.9 Å². The molecular formula is C27H29Cl2N3O5S. The molecule has 202 valence electrons. The van der Waals surface area contributed by atoms with E-state index in [9.17, 15) is 18.0 Å². The molecule has 1 unspecified atom stereocenters. The number of methoxy groups -OCH3 is 1. The minimum Gasteiger partial charge on any atom is -0.497 e. The summed E-state index contributed by atoms with van der Waals surface area (Å²) < 4.78 is 33.7. The van der Waals surface area contributed by atoms with Crippen LogP contribution in [0.3, 0.4) is 0 Å². The second kappa shape index (κ2) is 13.0. The van der Waals surface area contributed by atoms with Crippen molar-refractivity contribution in [2.75, 3.05) is 24.5 Å². The Morgan fingerprint density at radius 3 is 2.32 bits per heavy atom. The first kappa shape index (κ1) is 29.3. The van der Waals surface area contributed by atoms with Crippen molar-refractivity contribution in [3.8, 4) is 5.75 Å². The number of benzene rings is 3. The van der Waals surface area contributed by atoms with Crippen molar-refractivity contribution < 1.29 is 22.7 Å². The van der Waals surface area contributed by atoms with Crippen LogP contribution in [0.25, 0.3) is 0 Å². The Balaban J connectivity index is 2.05. The number of rotatable bonds is 11. The third-order valence-corrected chi connectivity index (χ3v) is 8.33. The summed E-state index contributed by atoms with van der Waals surface area (Å²) in [5.41, 5.74) is 0.865. The molecule has 3 aromatic rings. The number of sulfonamides is 1.